The van der Waals surface area contributed by atoms with Crippen molar-refractivity contribution in [1.29, 1.82) is 5.26 Å². The monoisotopic (exact) mass is 417 g/mol. The molecule has 6 heteroatoms. The average Bonchev–Trinajstić information content (AvgIpc) is 3.41. The molecule has 0 spiro atoms. The molecule has 3 aromatic rings. The van der Waals surface area contributed by atoms with Gasteiger partial charge in [0.2, 0.25) is 5.89 Å². The number of nitriles is 1. The molecule has 2 N–H and O–H groups in total. The number of hydrogen-bond acceptors (Lipinski definition) is 6. The first-order valence-electron chi connectivity index (χ1n) is 10.7. The maximum Gasteiger partial charge on any atom is 0.226 e. The molecular formula is C25H27N3O3. The predicted molar refractivity (Wildman–Crippen MR) is 119 cm³/mol. The molecule has 1 heterocycles. The van der Waals surface area contributed by atoms with Crippen LogP contribution < -0.4 is 10.1 Å². The van der Waals surface area contributed by atoms with Crippen molar-refractivity contribution in [1.82, 2.24) is 10.3 Å². The van der Waals surface area contributed by atoms with E-state index in [2.05, 4.69) is 28.5 Å². The number of hydrogen-bond donors (Lipinski definition) is 2. The number of fused-ring (bicyclic) bond motifs is 1. The highest BCUT2D eigenvalue weighted by molar-refractivity contribution is 5.68. The first-order chi connectivity index (χ1) is 15.0. The van der Waals surface area contributed by atoms with E-state index in [9.17, 15) is 10.4 Å². The Morgan fingerprint density at radius 3 is 2.87 bits per heavy atom. The first kappa shape index (κ1) is 21.1. The number of oxazole rings is 1. The zero-order valence-electron chi connectivity index (χ0n) is 18.1. The molecule has 0 bridgehead atoms. The van der Waals surface area contributed by atoms with Crippen LogP contribution in [0.2, 0.25) is 0 Å². The molecule has 31 heavy (non-hydrogen) atoms. The van der Waals surface area contributed by atoms with Crippen LogP contribution in [-0.4, -0.2) is 28.8 Å². The zero-order valence-corrected chi connectivity index (χ0v) is 18.1. The van der Waals surface area contributed by atoms with E-state index in [4.69, 9.17) is 9.15 Å². The minimum atomic E-state index is -0.00912. The summed E-state index contributed by atoms with van der Waals surface area (Å²) in [5.41, 5.74) is 4.74. The van der Waals surface area contributed by atoms with Gasteiger partial charge in [-0.25, -0.2) is 4.98 Å². The Kier molecular flexibility index (Phi) is 6.08. The molecule has 2 atom stereocenters. The molecule has 0 aliphatic heterocycles. The second-order valence-corrected chi connectivity index (χ2v) is 8.23. The van der Waals surface area contributed by atoms with Crippen LogP contribution in [0.5, 0.6) is 5.75 Å². The minimum Gasteiger partial charge on any atom is -0.490 e. The normalized spacial score (nSPS) is 16.2. The van der Waals surface area contributed by atoms with Gasteiger partial charge in [-0.1, -0.05) is 18.2 Å². The molecule has 0 fully saturated rings. The third-order valence-corrected chi connectivity index (χ3v) is 5.51. The highest BCUT2D eigenvalue weighted by Crippen LogP contribution is 2.39. The SMILES string of the molecule is CC(CO)NC1CCc2c(-c3cnc(-c4ccc(OC(C)C)c(C#N)c4)o3)cccc21. The van der Waals surface area contributed by atoms with E-state index in [-0.39, 0.29) is 24.8 Å². The Balaban J connectivity index is 1.63. The topological polar surface area (TPSA) is 91.3 Å². The van der Waals surface area contributed by atoms with Crippen molar-refractivity contribution in [3.63, 3.8) is 0 Å². The Bertz CT molecular complexity index is 1110. The van der Waals surface area contributed by atoms with E-state index >= 15 is 0 Å². The summed E-state index contributed by atoms with van der Waals surface area (Å²) < 4.78 is 11.8. The molecule has 2 aromatic carbocycles. The van der Waals surface area contributed by atoms with E-state index in [1.165, 1.54) is 11.1 Å². The van der Waals surface area contributed by atoms with Gasteiger partial charge < -0.3 is 19.6 Å². The Labute approximate surface area is 182 Å². The zero-order chi connectivity index (χ0) is 22.0. The summed E-state index contributed by atoms with van der Waals surface area (Å²) in [4.78, 5) is 4.47. The van der Waals surface area contributed by atoms with E-state index in [1.54, 1.807) is 18.3 Å². The maximum absolute atomic E-state index is 9.49. The largest absolute Gasteiger partial charge is 0.490 e. The fourth-order valence-electron chi connectivity index (χ4n) is 4.09. The highest BCUT2D eigenvalue weighted by atomic mass is 16.5. The van der Waals surface area contributed by atoms with Gasteiger partial charge in [0.05, 0.1) is 24.5 Å². The molecule has 0 amide bonds. The number of benzene rings is 2. The summed E-state index contributed by atoms with van der Waals surface area (Å²) in [6.45, 7) is 5.96. The summed E-state index contributed by atoms with van der Waals surface area (Å²) in [6.07, 6.45) is 3.66. The first-order valence-corrected chi connectivity index (χ1v) is 10.7. The fourth-order valence-corrected chi connectivity index (χ4v) is 4.09. The lowest BCUT2D eigenvalue weighted by Gasteiger charge is -2.18. The van der Waals surface area contributed by atoms with E-state index in [0.717, 1.165) is 24.0 Å². The van der Waals surface area contributed by atoms with E-state index in [0.29, 0.717) is 23.0 Å². The molecule has 4 rings (SSSR count). The second kappa shape index (κ2) is 8.93. The number of aromatic nitrogens is 1. The highest BCUT2D eigenvalue weighted by Gasteiger charge is 2.27. The number of aliphatic hydroxyl groups excluding tert-OH is 1. The van der Waals surface area contributed by atoms with Crippen molar-refractivity contribution in [3.05, 3.63) is 59.3 Å². The lowest BCUT2D eigenvalue weighted by molar-refractivity contribution is 0.240. The van der Waals surface area contributed by atoms with Crippen LogP contribution in [0.4, 0.5) is 0 Å². The van der Waals surface area contributed by atoms with Gasteiger partial charge >= 0.3 is 0 Å². The van der Waals surface area contributed by atoms with Gasteiger partial charge in [0.25, 0.3) is 0 Å². The number of aliphatic hydroxyl groups is 1. The van der Waals surface area contributed by atoms with Crippen molar-refractivity contribution in [3.8, 4) is 34.6 Å². The van der Waals surface area contributed by atoms with Crippen molar-refractivity contribution >= 4 is 0 Å². The van der Waals surface area contributed by atoms with Gasteiger partial charge in [-0.15, -0.1) is 0 Å². The van der Waals surface area contributed by atoms with Crippen LogP contribution in [0.15, 0.2) is 47.0 Å². The van der Waals surface area contributed by atoms with Gasteiger partial charge in [0.1, 0.15) is 11.8 Å². The molecule has 1 aliphatic carbocycles. The lowest BCUT2D eigenvalue weighted by atomic mass is 10.0. The number of rotatable bonds is 7. The standard InChI is InChI=1S/C25H27N3O3/c1-15(2)30-23-10-7-17(11-18(23)12-26)25-27-13-24(31-25)21-6-4-5-20-19(21)8-9-22(20)28-16(3)14-29/h4-7,10-11,13,15-16,22,28-29H,8-9,14H2,1-3H3. The van der Waals surface area contributed by atoms with Gasteiger partial charge in [0, 0.05) is 23.2 Å². The van der Waals surface area contributed by atoms with E-state index < -0.39 is 0 Å². The van der Waals surface area contributed by atoms with Crippen LogP contribution in [0.25, 0.3) is 22.8 Å². The molecule has 0 saturated carbocycles. The Morgan fingerprint density at radius 2 is 2.13 bits per heavy atom. The summed E-state index contributed by atoms with van der Waals surface area (Å²) in [6, 6.07) is 14.1. The van der Waals surface area contributed by atoms with Crippen LogP contribution in [0.3, 0.4) is 0 Å². The molecule has 1 aliphatic rings. The number of nitrogens with zero attached hydrogens (tertiary/aromatic N) is 2. The van der Waals surface area contributed by atoms with Crippen molar-refractivity contribution in [2.75, 3.05) is 6.61 Å². The lowest BCUT2D eigenvalue weighted by Crippen LogP contribution is -2.32. The molecular weight excluding hydrogens is 390 g/mol. The Morgan fingerprint density at radius 1 is 1.29 bits per heavy atom. The van der Waals surface area contributed by atoms with Gasteiger partial charge in [-0.3, -0.25) is 0 Å². The maximum atomic E-state index is 9.49. The summed E-state index contributed by atoms with van der Waals surface area (Å²) in [5.74, 6) is 1.75. The molecule has 6 nitrogen and oxygen atoms in total. The minimum absolute atomic E-state index is 0.00912. The molecule has 1 aromatic heterocycles. The molecule has 2 unspecified atom stereocenters. The summed E-state index contributed by atoms with van der Waals surface area (Å²) >= 11 is 0. The van der Waals surface area contributed by atoms with E-state index in [1.807, 2.05) is 32.9 Å². The summed E-state index contributed by atoms with van der Waals surface area (Å²) in [7, 11) is 0. The van der Waals surface area contributed by atoms with Crippen LogP contribution in [0, 0.1) is 11.3 Å². The number of ether oxygens (including phenoxy) is 1. The molecule has 0 saturated heterocycles. The van der Waals surface area contributed by atoms with Crippen LogP contribution in [-0.2, 0) is 6.42 Å². The molecule has 0 radical (unpaired) electrons. The van der Waals surface area contributed by atoms with Crippen molar-refractivity contribution < 1.29 is 14.3 Å². The Hall–Kier alpha value is -3.14. The predicted octanol–water partition coefficient (Wildman–Crippen LogP) is 4.63. The van der Waals surface area contributed by atoms with Crippen molar-refractivity contribution in [2.45, 2.75) is 51.8 Å². The van der Waals surface area contributed by atoms with Crippen LogP contribution in [0.1, 0.15) is 49.9 Å². The van der Waals surface area contributed by atoms with Gasteiger partial charge in [-0.05, 0) is 62.9 Å². The average molecular weight is 418 g/mol. The number of nitrogens with one attached hydrogen (secondary N) is 1. The smallest absolute Gasteiger partial charge is 0.226 e. The van der Waals surface area contributed by atoms with Gasteiger partial charge in [0.15, 0.2) is 5.76 Å². The quantitative estimate of drug-likeness (QED) is 0.583. The van der Waals surface area contributed by atoms with Crippen LogP contribution >= 0.6 is 0 Å². The third kappa shape index (κ3) is 4.34. The van der Waals surface area contributed by atoms with Gasteiger partial charge in [-0.2, -0.15) is 5.26 Å². The van der Waals surface area contributed by atoms with Crippen molar-refractivity contribution in [2.24, 2.45) is 0 Å². The summed E-state index contributed by atoms with van der Waals surface area (Å²) in [5, 5.41) is 22.4. The fraction of sp³-hybridized carbons (Fsp3) is 0.360. The molecule has 160 valence electrons. The third-order valence-electron chi connectivity index (χ3n) is 5.51. The second-order valence-electron chi connectivity index (χ2n) is 8.23.